The van der Waals surface area contributed by atoms with Crippen molar-refractivity contribution in [1.82, 2.24) is 4.31 Å². The Morgan fingerprint density at radius 3 is 2.68 bits per heavy atom. The maximum atomic E-state index is 12.7. The van der Waals surface area contributed by atoms with Gasteiger partial charge in [0.1, 0.15) is 16.0 Å². The molecule has 1 aliphatic rings. The summed E-state index contributed by atoms with van der Waals surface area (Å²) in [6, 6.07) is 7.73. The van der Waals surface area contributed by atoms with Gasteiger partial charge in [0, 0.05) is 18.7 Å². The van der Waals surface area contributed by atoms with E-state index in [1.807, 2.05) is 6.07 Å². The lowest BCUT2D eigenvalue weighted by molar-refractivity contribution is 0.102. The number of amides is 1. The van der Waals surface area contributed by atoms with Crippen LogP contribution in [-0.2, 0) is 10.0 Å². The highest BCUT2D eigenvalue weighted by Crippen LogP contribution is 2.29. The third kappa shape index (κ3) is 3.55. The van der Waals surface area contributed by atoms with Crippen molar-refractivity contribution in [3.8, 4) is 6.07 Å². The molecule has 1 aromatic carbocycles. The molecular weight excluding hydrogens is 382 g/mol. The van der Waals surface area contributed by atoms with Crippen molar-refractivity contribution in [3.05, 3.63) is 45.8 Å². The fraction of sp³-hybridized carbons (Fsp3) is 0.250. The van der Waals surface area contributed by atoms with E-state index in [0.717, 1.165) is 12.8 Å². The number of halogens is 1. The fourth-order valence-corrected chi connectivity index (χ4v) is 5.33. The van der Waals surface area contributed by atoms with E-state index in [2.05, 4.69) is 5.32 Å². The molecule has 0 aliphatic carbocycles. The highest BCUT2D eigenvalue weighted by atomic mass is 35.5. The lowest BCUT2D eigenvalue weighted by Crippen LogP contribution is -2.28. The summed E-state index contributed by atoms with van der Waals surface area (Å²) in [5.41, 5.74) is 0.525. The van der Waals surface area contributed by atoms with Gasteiger partial charge in [0.15, 0.2) is 0 Å². The van der Waals surface area contributed by atoms with Crippen LogP contribution >= 0.6 is 22.9 Å². The van der Waals surface area contributed by atoms with Crippen molar-refractivity contribution in [3.63, 3.8) is 0 Å². The first-order valence-corrected chi connectivity index (χ1v) is 10.2. The van der Waals surface area contributed by atoms with Gasteiger partial charge in [-0.05, 0) is 42.5 Å². The van der Waals surface area contributed by atoms with Gasteiger partial charge in [-0.15, -0.1) is 11.3 Å². The second kappa shape index (κ2) is 7.14. The van der Waals surface area contributed by atoms with Crippen molar-refractivity contribution >= 4 is 43.9 Å². The van der Waals surface area contributed by atoms with Crippen LogP contribution in [0.2, 0.25) is 5.02 Å². The zero-order valence-corrected chi connectivity index (χ0v) is 15.4. The summed E-state index contributed by atoms with van der Waals surface area (Å²) in [5.74, 6) is -0.492. The summed E-state index contributed by atoms with van der Waals surface area (Å²) in [4.78, 5) is 12.4. The molecule has 0 unspecified atom stereocenters. The Bertz CT molecular complexity index is 957. The second-order valence-electron chi connectivity index (χ2n) is 5.49. The lowest BCUT2D eigenvalue weighted by Gasteiger charge is -2.17. The first-order valence-electron chi connectivity index (χ1n) is 7.52. The van der Waals surface area contributed by atoms with Crippen molar-refractivity contribution in [2.75, 3.05) is 18.4 Å². The number of thiophene rings is 1. The quantitative estimate of drug-likeness (QED) is 0.859. The number of hydrogen-bond donors (Lipinski definition) is 1. The van der Waals surface area contributed by atoms with Crippen molar-refractivity contribution < 1.29 is 13.2 Å². The molecule has 9 heteroatoms. The summed E-state index contributed by atoms with van der Waals surface area (Å²) >= 11 is 7.30. The molecule has 0 saturated carbocycles. The number of nitrogens with zero attached hydrogens (tertiary/aromatic N) is 2. The Balaban J connectivity index is 1.91. The normalized spacial score (nSPS) is 15.0. The number of carbonyl (C=O) groups excluding carboxylic acids is 1. The Kier molecular flexibility index (Phi) is 5.11. The average Bonchev–Trinajstić information content (AvgIpc) is 3.26. The minimum Gasteiger partial charge on any atom is -0.312 e. The number of hydrogen-bond acceptors (Lipinski definition) is 5. The molecule has 6 nitrogen and oxygen atoms in total. The zero-order valence-electron chi connectivity index (χ0n) is 13.0. The van der Waals surface area contributed by atoms with Gasteiger partial charge in [-0.25, -0.2) is 8.42 Å². The molecule has 25 heavy (non-hydrogen) atoms. The standard InChI is InChI=1S/C16H14ClN3O3S2/c17-13-4-3-11(15(21)19-16-12(10-18)5-8-24-16)9-14(13)25(22,23)20-6-1-2-7-20/h3-5,8-9H,1-2,6-7H2,(H,19,21). The molecule has 1 N–H and O–H groups in total. The number of anilines is 1. The maximum absolute atomic E-state index is 12.7. The van der Waals surface area contributed by atoms with Gasteiger partial charge in [-0.1, -0.05) is 11.6 Å². The maximum Gasteiger partial charge on any atom is 0.256 e. The van der Waals surface area contributed by atoms with Crippen LogP contribution < -0.4 is 5.32 Å². The summed E-state index contributed by atoms with van der Waals surface area (Å²) in [6.07, 6.45) is 1.62. The van der Waals surface area contributed by atoms with E-state index in [1.165, 1.54) is 33.8 Å². The predicted octanol–water partition coefficient (Wildman–Crippen LogP) is 3.31. The van der Waals surface area contributed by atoms with Crippen LogP contribution in [-0.4, -0.2) is 31.7 Å². The monoisotopic (exact) mass is 395 g/mol. The molecule has 1 aromatic heterocycles. The van der Waals surface area contributed by atoms with Crippen LogP contribution in [0.1, 0.15) is 28.8 Å². The van der Waals surface area contributed by atoms with E-state index in [-0.39, 0.29) is 15.5 Å². The van der Waals surface area contributed by atoms with E-state index >= 15 is 0 Å². The fourth-order valence-electron chi connectivity index (χ4n) is 2.58. The molecule has 0 radical (unpaired) electrons. The van der Waals surface area contributed by atoms with E-state index in [4.69, 9.17) is 16.9 Å². The van der Waals surface area contributed by atoms with Crippen LogP contribution in [0.3, 0.4) is 0 Å². The van der Waals surface area contributed by atoms with Gasteiger partial charge in [0.25, 0.3) is 5.91 Å². The van der Waals surface area contributed by atoms with Gasteiger partial charge in [-0.3, -0.25) is 4.79 Å². The van der Waals surface area contributed by atoms with E-state index in [0.29, 0.717) is 23.7 Å². The van der Waals surface area contributed by atoms with Crippen LogP contribution in [0.4, 0.5) is 5.00 Å². The number of nitrogens with one attached hydrogen (secondary N) is 1. The second-order valence-corrected chi connectivity index (χ2v) is 8.72. The molecule has 1 aliphatic heterocycles. The topological polar surface area (TPSA) is 90.3 Å². The minimum atomic E-state index is -3.73. The summed E-state index contributed by atoms with van der Waals surface area (Å²) < 4.78 is 26.8. The van der Waals surface area contributed by atoms with E-state index in [9.17, 15) is 13.2 Å². The molecule has 2 aromatic rings. The summed E-state index contributed by atoms with van der Waals surface area (Å²) in [6.45, 7) is 0.908. The highest BCUT2D eigenvalue weighted by Gasteiger charge is 2.29. The number of benzene rings is 1. The largest absolute Gasteiger partial charge is 0.312 e. The van der Waals surface area contributed by atoms with Crippen LogP contribution in [0.5, 0.6) is 0 Å². The average molecular weight is 396 g/mol. The Morgan fingerprint density at radius 2 is 2.00 bits per heavy atom. The first kappa shape index (κ1) is 17.9. The van der Waals surface area contributed by atoms with Gasteiger partial charge in [-0.2, -0.15) is 9.57 Å². The van der Waals surface area contributed by atoms with E-state index < -0.39 is 15.9 Å². The number of sulfonamides is 1. The van der Waals surface area contributed by atoms with Crippen molar-refractivity contribution in [1.29, 1.82) is 5.26 Å². The Morgan fingerprint density at radius 1 is 1.28 bits per heavy atom. The Hall–Kier alpha value is -1.92. The molecule has 0 bridgehead atoms. The third-order valence-electron chi connectivity index (χ3n) is 3.89. The third-order valence-corrected chi connectivity index (χ3v) is 7.10. The molecule has 3 rings (SSSR count). The number of nitriles is 1. The number of rotatable bonds is 4. The van der Waals surface area contributed by atoms with Gasteiger partial charge >= 0.3 is 0 Å². The highest BCUT2D eigenvalue weighted by molar-refractivity contribution is 7.89. The summed E-state index contributed by atoms with van der Waals surface area (Å²) in [5, 5.41) is 13.8. The summed E-state index contributed by atoms with van der Waals surface area (Å²) in [7, 11) is -3.73. The van der Waals surface area contributed by atoms with Gasteiger partial charge in [0.05, 0.1) is 10.6 Å². The zero-order chi connectivity index (χ0) is 18.0. The van der Waals surface area contributed by atoms with Crippen LogP contribution in [0.25, 0.3) is 0 Å². The molecular formula is C16H14ClN3O3S2. The van der Waals surface area contributed by atoms with Crippen molar-refractivity contribution in [2.45, 2.75) is 17.7 Å². The molecule has 0 atom stereocenters. The van der Waals surface area contributed by atoms with Gasteiger partial charge < -0.3 is 5.32 Å². The molecule has 1 amide bonds. The van der Waals surface area contributed by atoms with Gasteiger partial charge in [0.2, 0.25) is 10.0 Å². The molecule has 0 spiro atoms. The molecule has 2 heterocycles. The first-order chi connectivity index (χ1) is 11.9. The smallest absolute Gasteiger partial charge is 0.256 e. The molecule has 1 saturated heterocycles. The molecule has 1 fully saturated rings. The Labute approximate surface area is 154 Å². The lowest BCUT2D eigenvalue weighted by atomic mass is 10.2. The predicted molar refractivity (Wildman–Crippen MR) is 96.4 cm³/mol. The van der Waals surface area contributed by atoms with Crippen molar-refractivity contribution in [2.24, 2.45) is 0 Å². The SMILES string of the molecule is N#Cc1ccsc1NC(=O)c1ccc(Cl)c(S(=O)(=O)N2CCCC2)c1. The van der Waals surface area contributed by atoms with E-state index in [1.54, 1.807) is 11.4 Å². The molecule has 130 valence electrons. The number of carbonyl (C=O) groups is 1. The minimum absolute atomic E-state index is 0.0737. The van der Waals surface area contributed by atoms with Crippen LogP contribution in [0, 0.1) is 11.3 Å². The van der Waals surface area contributed by atoms with Crippen LogP contribution in [0.15, 0.2) is 34.5 Å².